The summed E-state index contributed by atoms with van der Waals surface area (Å²) in [5.74, 6) is -2.35. The van der Waals surface area contributed by atoms with Crippen LogP contribution in [-0.4, -0.2) is 62.7 Å². The van der Waals surface area contributed by atoms with Crippen LogP contribution < -0.4 is 9.03 Å². The van der Waals surface area contributed by atoms with Gasteiger partial charge in [0.2, 0.25) is 26.0 Å². The number of nitrogens with zero attached hydrogens (tertiary/aromatic N) is 2. The predicted octanol–water partition coefficient (Wildman–Crippen LogP) is 6.16. The van der Waals surface area contributed by atoms with Crippen molar-refractivity contribution in [1.82, 2.24) is 9.62 Å². The molecule has 264 valence electrons. The van der Waals surface area contributed by atoms with Gasteiger partial charge in [-0.1, -0.05) is 66.5 Å². The molecular weight excluding hydrogens is 716 g/mol. The largest absolute Gasteiger partial charge is 0.357 e. The smallest absolute Gasteiger partial charge is 0.253 e. The Morgan fingerprint density at radius 1 is 0.980 bits per heavy atom. The number of hydrogen-bond acceptors (Lipinski definition) is 7. The van der Waals surface area contributed by atoms with Crippen LogP contribution in [0.3, 0.4) is 0 Å². The highest BCUT2D eigenvalue weighted by Crippen LogP contribution is 2.45. The molecule has 0 bridgehead atoms. The molecular formula is C34H38Cl2FN3O7S2. The van der Waals surface area contributed by atoms with Crippen LogP contribution in [0.4, 0.5) is 10.1 Å². The molecule has 0 aromatic heterocycles. The fraction of sp³-hybridized carbons (Fsp3) is 0.412. The van der Waals surface area contributed by atoms with E-state index in [0.717, 1.165) is 4.31 Å². The third kappa shape index (κ3) is 8.23. The summed E-state index contributed by atoms with van der Waals surface area (Å²) in [5.41, 5.74) is 1.00. The fourth-order valence-electron chi connectivity index (χ4n) is 5.87. The van der Waals surface area contributed by atoms with Crippen molar-refractivity contribution >= 4 is 60.8 Å². The van der Waals surface area contributed by atoms with E-state index in [-0.39, 0.29) is 18.7 Å². The summed E-state index contributed by atoms with van der Waals surface area (Å²) in [5, 5.41) is -0.779. The van der Waals surface area contributed by atoms with Crippen molar-refractivity contribution in [2.24, 2.45) is 0 Å². The molecule has 1 unspecified atom stereocenters. The van der Waals surface area contributed by atoms with Crippen LogP contribution in [0.5, 0.6) is 0 Å². The number of carbonyl (C=O) groups excluding carboxylic acids is 2. The Balaban J connectivity index is 1.64. The summed E-state index contributed by atoms with van der Waals surface area (Å²) >= 11 is 12.6. The molecule has 0 spiro atoms. The van der Waals surface area contributed by atoms with Gasteiger partial charge in [-0.25, -0.2) is 21.2 Å². The summed E-state index contributed by atoms with van der Waals surface area (Å²) in [4.78, 5) is 29.2. The van der Waals surface area contributed by atoms with E-state index in [1.165, 1.54) is 36.9 Å². The maximum absolute atomic E-state index is 15.3. The molecule has 10 nitrogen and oxygen atoms in total. The maximum Gasteiger partial charge on any atom is 0.253 e. The number of benzene rings is 3. The minimum atomic E-state index is -4.03. The van der Waals surface area contributed by atoms with Gasteiger partial charge in [0.25, 0.3) is 5.91 Å². The molecule has 15 heteroatoms. The molecule has 1 aliphatic carbocycles. The Kier molecular flexibility index (Phi) is 11.3. The first-order chi connectivity index (χ1) is 23.1. The van der Waals surface area contributed by atoms with Crippen LogP contribution >= 0.6 is 23.2 Å². The third-order valence-corrected chi connectivity index (χ3v) is 13.2. The van der Waals surface area contributed by atoms with Crippen molar-refractivity contribution in [3.8, 4) is 0 Å². The highest BCUT2D eigenvalue weighted by atomic mass is 35.5. The molecule has 3 aromatic carbocycles. The van der Waals surface area contributed by atoms with E-state index >= 15 is 4.39 Å². The minimum Gasteiger partial charge on any atom is -0.357 e. The molecule has 49 heavy (non-hydrogen) atoms. The quantitative estimate of drug-likeness (QED) is 0.221. The number of amides is 2. The Hall–Kier alpha value is -3.23. The Bertz CT molecular complexity index is 1910. The topological polar surface area (TPSA) is 130 Å². The Morgan fingerprint density at radius 3 is 2.24 bits per heavy atom. The van der Waals surface area contributed by atoms with Crippen molar-refractivity contribution in [3.05, 3.63) is 99.8 Å². The van der Waals surface area contributed by atoms with Crippen molar-refractivity contribution in [2.45, 2.75) is 81.2 Å². The molecule has 1 saturated carbocycles. The lowest BCUT2D eigenvalue weighted by Crippen LogP contribution is -2.58. The lowest BCUT2D eigenvalue weighted by molar-refractivity contribution is -0.181. The molecule has 2 fully saturated rings. The number of sulfonamides is 2. The monoisotopic (exact) mass is 753 g/mol. The van der Waals surface area contributed by atoms with Gasteiger partial charge in [-0.05, 0) is 80.6 Å². The number of hydrogen-bond donors (Lipinski definition) is 1. The zero-order valence-corrected chi connectivity index (χ0v) is 30.3. The number of para-hydroxylation sites is 1. The highest BCUT2D eigenvalue weighted by Gasteiger charge is 2.49. The van der Waals surface area contributed by atoms with Gasteiger partial charge in [0.05, 0.1) is 41.2 Å². The van der Waals surface area contributed by atoms with E-state index in [0.29, 0.717) is 34.0 Å². The van der Waals surface area contributed by atoms with E-state index in [1.54, 1.807) is 61.5 Å². The van der Waals surface area contributed by atoms with Crippen molar-refractivity contribution in [3.63, 3.8) is 0 Å². The molecule has 1 aliphatic heterocycles. The molecule has 1 heterocycles. The number of rotatable bonds is 13. The summed E-state index contributed by atoms with van der Waals surface area (Å²) < 4.78 is 77.5. The van der Waals surface area contributed by atoms with E-state index in [4.69, 9.17) is 27.9 Å². The summed E-state index contributed by atoms with van der Waals surface area (Å²) in [6, 6.07) is 17.3. The SMILES string of the molecule is CCC(CN(c1ccccc1F)S(=O)(=O)C1CC1)N1C(=O)[C@H](CC(=O)NS(=O)(=O)C(C)C)O[C@H](c2cccc(Cl)c2)[C@H]1c1ccc(Cl)cc1. The van der Waals surface area contributed by atoms with E-state index in [1.807, 2.05) is 4.72 Å². The van der Waals surface area contributed by atoms with Crippen LogP contribution in [0.25, 0.3) is 0 Å². The van der Waals surface area contributed by atoms with Gasteiger partial charge in [0, 0.05) is 10.0 Å². The second kappa shape index (κ2) is 14.9. The van der Waals surface area contributed by atoms with Gasteiger partial charge in [-0.15, -0.1) is 0 Å². The summed E-state index contributed by atoms with van der Waals surface area (Å²) in [6.07, 6.45) is -1.97. The first-order valence-electron chi connectivity index (χ1n) is 15.9. The number of morpholine rings is 1. The normalized spacial score (nSPS) is 20.7. The zero-order chi connectivity index (χ0) is 35.7. The maximum atomic E-state index is 15.3. The standard InChI is InChI=1S/C34H38Cl2FN3O7S2/c1-4-26(20-39(49(45,46)27-16-17-27)29-11-6-5-10-28(29)37)40-32(22-12-14-24(35)15-13-22)33(23-8-7-9-25(36)18-23)47-30(34(40)42)19-31(41)38-48(43,44)21(2)3/h5-15,18,21,26-27,30,32-33H,4,16-17,19-20H2,1-3H3,(H,38,41)/t26?,30-,32+,33+/m0/s1. The lowest BCUT2D eigenvalue weighted by Gasteiger charge is -2.49. The average Bonchev–Trinajstić information content (AvgIpc) is 3.90. The second-order valence-corrected chi connectivity index (χ2v) is 17.7. The van der Waals surface area contributed by atoms with Gasteiger partial charge in [-0.3, -0.25) is 18.6 Å². The average molecular weight is 755 g/mol. The Labute approximate surface area is 296 Å². The molecule has 2 amide bonds. The van der Waals surface area contributed by atoms with Crippen LogP contribution in [-0.2, 0) is 34.4 Å². The van der Waals surface area contributed by atoms with E-state index < -0.39 is 78.9 Å². The number of anilines is 1. The van der Waals surface area contributed by atoms with Crippen molar-refractivity contribution < 1.29 is 35.6 Å². The molecule has 0 radical (unpaired) electrons. The van der Waals surface area contributed by atoms with Crippen molar-refractivity contribution in [2.75, 3.05) is 10.8 Å². The first-order valence-corrected chi connectivity index (χ1v) is 19.7. The van der Waals surface area contributed by atoms with Gasteiger partial charge in [0.1, 0.15) is 18.0 Å². The van der Waals surface area contributed by atoms with Crippen LogP contribution in [0.15, 0.2) is 72.8 Å². The van der Waals surface area contributed by atoms with E-state index in [2.05, 4.69) is 0 Å². The molecule has 5 rings (SSSR count). The lowest BCUT2D eigenvalue weighted by atomic mass is 9.89. The molecule has 1 N–H and O–H groups in total. The molecule has 3 aromatic rings. The van der Waals surface area contributed by atoms with Gasteiger partial charge in [0.15, 0.2) is 0 Å². The molecule has 1 saturated heterocycles. The first kappa shape index (κ1) is 37.0. The fourth-order valence-corrected chi connectivity index (χ4v) is 8.73. The molecule has 4 atom stereocenters. The third-order valence-electron chi connectivity index (χ3n) is 8.68. The Morgan fingerprint density at radius 2 is 1.65 bits per heavy atom. The highest BCUT2D eigenvalue weighted by molar-refractivity contribution is 7.93. The predicted molar refractivity (Wildman–Crippen MR) is 187 cm³/mol. The summed E-state index contributed by atoms with van der Waals surface area (Å²) in [6.45, 7) is 4.30. The van der Waals surface area contributed by atoms with Crippen LogP contribution in [0, 0.1) is 5.82 Å². The van der Waals surface area contributed by atoms with Crippen LogP contribution in [0.1, 0.15) is 69.7 Å². The molecule has 2 aliphatic rings. The van der Waals surface area contributed by atoms with Crippen molar-refractivity contribution in [1.29, 1.82) is 0 Å². The van der Waals surface area contributed by atoms with Crippen LogP contribution in [0.2, 0.25) is 10.0 Å². The van der Waals surface area contributed by atoms with Gasteiger partial charge >= 0.3 is 0 Å². The number of halogens is 3. The second-order valence-electron chi connectivity index (χ2n) is 12.5. The summed E-state index contributed by atoms with van der Waals surface area (Å²) in [7, 11) is -8.04. The zero-order valence-electron chi connectivity index (χ0n) is 27.1. The van der Waals surface area contributed by atoms with E-state index in [9.17, 15) is 26.4 Å². The number of carbonyl (C=O) groups is 2. The van der Waals surface area contributed by atoms with Gasteiger partial charge in [-0.2, -0.15) is 0 Å². The van der Waals surface area contributed by atoms with Gasteiger partial charge < -0.3 is 9.64 Å². The minimum absolute atomic E-state index is 0.141. The number of ether oxygens (including phenoxy) is 1. The number of nitrogens with one attached hydrogen (secondary N) is 1.